The maximum atomic E-state index is 13.4. The number of hydrogen-bond donors (Lipinski definition) is 0. The predicted octanol–water partition coefficient (Wildman–Crippen LogP) is 5.50. The van der Waals surface area contributed by atoms with E-state index in [0.29, 0.717) is 5.56 Å². The van der Waals surface area contributed by atoms with Gasteiger partial charge in [-0.1, -0.05) is 75.7 Å². The maximum Gasteiger partial charge on any atom is 0.298 e. The van der Waals surface area contributed by atoms with Crippen LogP contribution in [0, 0.1) is 10.1 Å². The van der Waals surface area contributed by atoms with Crippen LogP contribution in [0.25, 0.3) is 22.3 Å². The van der Waals surface area contributed by atoms with Gasteiger partial charge in [-0.15, -0.1) is 0 Å². The van der Waals surface area contributed by atoms with Gasteiger partial charge in [0.1, 0.15) is 0 Å². The second-order valence-corrected chi connectivity index (χ2v) is 5.07. The zero-order valence-electron chi connectivity index (χ0n) is 12.4. The number of anilines is 1. The van der Waals surface area contributed by atoms with Gasteiger partial charge in [-0.2, -0.15) is 0 Å². The monoisotopic (exact) mass is 326 g/mol. The molecule has 0 aliphatic carbocycles. The van der Waals surface area contributed by atoms with Gasteiger partial charge in [0.2, 0.25) is 0 Å². The molecule has 0 unspecified atom stereocenters. The van der Waals surface area contributed by atoms with Crippen LogP contribution in [0.2, 0.25) is 0 Å². The summed E-state index contributed by atoms with van der Waals surface area (Å²) < 4.78 is 26.8. The van der Waals surface area contributed by atoms with Crippen LogP contribution in [0.1, 0.15) is 0 Å². The highest BCUT2D eigenvalue weighted by atomic mass is 19.4. The first-order valence-corrected chi connectivity index (χ1v) is 7.13. The summed E-state index contributed by atoms with van der Waals surface area (Å²) in [7, 11) is 0. The number of nitro groups is 1. The summed E-state index contributed by atoms with van der Waals surface area (Å²) in [6.45, 7) is 0. The Kier molecular flexibility index (Phi) is 4.20. The van der Waals surface area contributed by atoms with Crippen LogP contribution in [0.3, 0.4) is 0 Å². The van der Waals surface area contributed by atoms with Crippen LogP contribution >= 0.6 is 0 Å². The number of nitrogens with zero attached hydrogens (tertiary/aromatic N) is 2. The van der Waals surface area contributed by atoms with Crippen molar-refractivity contribution in [2.24, 2.45) is 0 Å². The van der Waals surface area contributed by atoms with E-state index in [1.165, 1.54) is 12.1 Å². The Labute approximate surface area is 136 Å². The molecule has 0 aliphatic heterocycles. The molecule has 0 saturated carbocycles. The molecule has 6 heteroatoms. The topological polar surface area (TPSA) is 46.4 Å². The first kappa shape index (κ1) is 15.6. The molecule has 0 amide bonds. The lowest BCUT2D eigenvalue weighted by Gasteiger charge is -2.14. The van der Waals surface area contributed by atoms with Gasteiger partial charge in [-0.05, 0) is 22.0 Å². The minimum atomic E-state index is -1.20. The molecule has 24 heavy (non-hydrogen) atoms. The molecule has 0 aliphatic rings. The summed E-state index contributed by atoms with van der Waals surface area (Å²) in [5.41, 5.74) is 0.819. The number of halogens is 2. The summed E-state index contributed by atoms with van der Waals surface area (Å²) in [6.07, 6.45) is 0. The Balaban J connectivity index is 2.28. The van der Waals surface area contributed by atoms with Gasteiger partial charge < -0.3 is 0 Å². The van der Waals surface area contributed by atoms with Crippen LogP contribution in [-0.4, -0.2) is 4.92 Å². The van der Waals surface area contributed by atoms with Crippen LogP contribution in [0.4, 0.5) is 20.3 Å². The van der Waals surface area contributed by atoms with E-state index in [0.717, 1.165) is 17.2 Å². The highest BCUT2D eigenvalue weighted by Crippen LogP contribution is 2.42. The van der Waals surface area contributed by atoms with Gasteiger partial charge in [-0.25, -0.2) is 0 Å². The summed E-state index contributed by atoms with van der Waals surface area (Å²) in [6, 6.07) is 20.2. The smallest absolute Gasteiger partial charge is 0.258 e. The molecule has 0 heterocycles. The normalized spacial score (nSPS) is 10.4. The first-order valence-electron chi connectivity index (χ1n) is 7.13. The van der Waals surface area contributed by atoms with E-state index in [9.17, 15) is 19.1 Å². The molecule has 0 radical (unpaired) electrons. The zero-order valence-corrected chi connectivity index (χ0v) is 12.4. The van der Waals surface area contributed by atoms with E-state index in [4.69, 9.17) is 0 Å². The van der Waals surface area contributed by atoms with Crippen molar-refractivity contribution in [3.05, 3.63) is 82.9 Å². The van der Waals surface area contributed by atoms with Crippen LogP contribution in [-0.2, 0) is 0 Å². The number of para-hydroxylation sites is 1. The van der Waals surface area contributed by atoms with Crippen LogP contribution < -0.4 is 5.34 Å². The standard InChI is InChI=1S/C18H12F2N2O2/c19-21(20)18-16(11-6-12-17(18)22(23)24)15-10-5-4-9-14(15)13-7-2-1-3-8-13/h1-12H. The van der Waals surface area contributed by atoms with Crippen molar-refractivity contribution < 1.29 is 13.9 Å². The Morgan fingerprint density at radius 2 is 1.33 bits per heavy atom. The molecule has 120 valence electrons. The summed E-state index contributed by atoms with van der Waals surface area (Å²) in [4.78, 5) is 10.3. The van der Waals surface area contributed by atoms with Crippen LogP contribution in [0.15, 0.2) is 72.8 Å². The highest BCUT2D eigenvalue weighted by molar-refractivity contribution is 5.92. The third-order valence-electron chi connectivity index (χ3n) is 3.68. The second kappa shape index (κ2) is 6.45. The number of benzene rings is 3. The Hall–Kier alpha value is -3.28. The number of rotatable bonds is 4. The molecule has 0 spiro atoms. The highest BCUT2D eigenvalue weighted by Gasteiger charge is 2.25. The van der Waals surface area contributed by atoms with Crippen molar-refractivity contribution in [1.29, 1.82) is 0 Å². The lowest BCUT2D eigenvalue weighted by Crippen LogP contribution is -2.03. The quantitative estimate of drug-likeness (QED) is 0.361. The fraction of sp³-hybridized carbons (Fsp3) is 0. The average Bonchev–Trinajstić information content (AvgIpc) is 2.61. The van der Waals surface area contributed by atoms with Crippen molar-refractivity contribution in [3.8, 4) is 22.3 Å². The molecule has 0 aromatic heterocycles. The summed E-state index contributed by atoms with van der Waals surface area (Å²) in [5, 5.41) is 9.91. The molecule has 3 aromatic carbocycles. The fourth-order valence-electron chi connectivity index (χ4n) is 2.66. The van der Waals surface area contributed by atoms with E-state index in [2.05, 4.69) is 0 Å². The molecule has 3 rings (SSSR count). The minimum Gasteiger partial charge on any atom is -0.258 e. The molecule has 0 atom stereocenters. The van der Waals surface area contributed by atoms with Crippen molar-refractivity contribution in [3.63, 3.8) is 0 Å². The molecular formula is C18H12F2N2O2. The van der Waals surface area contributed by atoms with Crippen molar-refractivity contribution in [2.45, 2.75) is 0 Å². The number of nitro benzene ring substituents is 1. The van der Waals surface area contributed by atoms with Crippen molar-refractivity contribution in [2.75, 3.05) is 5.34 Å². The van der Waals surface area contributed by atoms with Gasteiger partial charge >= 0.3 is 0 Å². The van der Waals surface area contributed by atoms with E-state index < -0.39 is 21.6 Å². The largest absolute Gasteiger partial charge is 0.298 e. The Bertz CT molecular complexity index is 883. The van der Waals surface area contributed by atoms with E-state index in [1.807, 2.05) is 30.3 Å². The maximum absolute atomic E-state index is 13.4. The van der Waals surface area contributed by atoms with Crippen molar-refractivity contribution in [1.82, 2.24) is 0 Å². The molecule has 4 nitrogen and oxygen atoms in total. The molecule has 0 bridgehead atoms. The van der Waals surface area contributed by atoms with Gasteiger partial charge in [0.25, 0.3) is 5.69 Å². The molecular weight excluding hydrogens is 314 g/mol. The SMILES string of the molecule is O=[N+]([O-])c1cccc(-c2ccccc2-c2ccccc2)c1N(F)F. The predicted molar refractivity (Wildman–Crippen MR) is 88.7 cm³/mol. The van der Waals surface area contributed by atoms with Crippen molar-refractivity contribution >= 4 is 11.4 Å². The van der Waals surface area contributed by atoms with E-state index >= 15 is 0 Å². The van der Waals surface area contributed by atoms with Gasteiger partial charge in [0, 0.05) is 11.6 Å². The fourth-order valence-corrected chi connectivity index (χ4v) is 2.66. The van der Waals surface area contributed by atoms with E-state index in [1.54, 1.807) is 24.3 Å². The Morgan fingerprint density at radius 1 is 0.750 bits per heavy atom. The van der Waals surface area contributed by atoms with E-state index in [-0.39, 0.29) is 5.56 Å². The molecule has 3 aromatic rings. The Morgan fingerprint density at radius 3 is 1.96 bits per heavy atom. The van der Waals surface area contributed by atoms with Gasteiger partial charge in [0.05, 0.1) is 4.92 Å². The lowest BCUT2D eigenvalue weighted by molar-refractivity contribution is -0.384. The molecule has 0 N–H and O–H groups in total. The zero-order chi connectivity index (χ0) is 17.1. The third-order valence-corrected chi connectivity index (χ3v) is 3.68. The average molecular weight is 326 g/mol. The molecule has 0 saturated heterocycles. The number of hydrogen-bond acceptors (Lipinski definition) is 3. The van der Waals surface area contributed by atoms with Gasteiger partial charge in [-0.3, -0.25) is 10.1 Å². The summed E-state index contributed by atoms with van der Waals surface area (Å²) >= 11 is 0. The third kappa shape index (κ3) is 2.81. The first-order chi connectivity index (χ1) is 11.6. The molecule has 0 fully saturated rings. The minimum absolute atomic E-state index is 0.105. The lowest BCUT2D eigenvalue weighted by atomic mass is 9.93. The van der Waals surface area contributed by atoms with Gasteiger partial charge in [0.15, 0.2) is 5.69 Å². The van der Waals surface area contributed by atoms with Crippen LogP contribution in [0.5, 0.6) is 0 Å². The second-order valence-electron chi connectivity index (χ2n) is 5.07. The summed E-state index contributed by atoms with van der Waals surface area (Å²) in [5.74, 6) is 0.